The summed E-state index contributed by atoms with van der Waals surface area (Å²) < 4.78 is 27.5. The molecular weight excluding hydrogens is 314 g/mol. The van der Waals surface area contributed by atoms with E-state index >= 15 is 0 Å². The Balaban J connectivity index is 2.39. The molecule has 0 atom stereocenters. The van der Waals surface area contributed by atoms with Crippen LogP contribution in [0.25, 0.3) is 0 Å². The molecule has 1 aromatic rings. The van der Waals surface area contributed by atoms with E-state index in [1.807, 2.05) is 0 Å². The number of hydrogen-bond donors (Lipinski definition) is 2. The summed E-state index contributed by atoms with van der Waals surface area (Å²) in [4.78, 5) is 11.6. The number of carbonyl (C=O) groups is 1. The van der Waals surface area contributed by atoms with Crippen LogP contribution < -0.4 is 4.72 Å². The zero-order valence-corrected chi connectivity index (χ0v) is 13.3. The molecule has 0 amide bonds. The summed E-state index contributed by atoms with van der Waals surface area (Å²) in [6.07, 6.45) is 2.93. The van der Waals surface area contributed by atoms with E-state index in [0.29, 0.717) is 36.3 Å². The maximum Gasteiger partial charge on any atom is 0.324 e. The van der Waals surface area contributed by atoms with Crippen molar-refractivity contribution in [3.05, 3.63) is 28.8 Å². The van der Waals surface area contributed by atoms with Gasteiger partial charge in [0.05, 0.1) is 4.90 Å². The second-order valence-electron chi connectivity index (χ2n) is 5.46. The fourth-order valence-corrected chi connectivity index (χ4v) is 4.62. The molecule has 2 N–H and O–H groups in total. The smallest absolute Gasteiger partial charge is 0.324 e. The Bertz CT molecular complexity index is 651. The largest absolute Gasteiger partial charge is 0.480 e. The Morgan fingerprint density at radius 3 is 2.48 bits per heavy atom. The first-order chi connectivity index (χ1) is 9.77. The summed E-state index contributed by atoms with van der Waals surface area (Å²) in [6.45, 7) is 1.65. The number of carboxylic acid groups (broad SMARTS) is 1. The lowest BCUT2D eigenvalue weighted by Crippen LogP contribution is -2.55. The molecule has 2 rings (SSSR count). The summed E-state index contributed by atoms with van der Waals surface area (Å²) in [5.74, 6) is -1.12. The molecule has 1 aliphatic carbocycles. The number of aryl methyl sites for hydroxylation is 1. The zero-order valence-electron chi connectivity index (χ0n) is 11.7. The number of carboxylic acids is 1. The van der Waals surface area contributed by atoms with E-state index in [1.54, 1.807) is 19.1 Å². The van der Waals surface area contributed by atoms with Crippen molar-refractivity contribution in [3.8, 4) is 0 Å². The third-order valence-corrected chi connectivity index (χ3v) is 5.80. The van der Waals surface area contributed by atoms with Gasteiger partial charge in [-0.25, -0.2) is 8.42 Å². The lowest BCUT2D eigenvalue weighted by molar-refractivity contribution is -0.145. The predicted octanol–water partition coefficient (Wildman–Crippen LogP) is 2.71. The van der Waals surface area contributed by atoms with Crippen LogP contribution >= 0.6 is 11.6 Å². The molecule has 0 aromatic heterocycles. The van der Waals surface area contributed by atoms with Crippen molar-refractivity contribution < 1.29 is 18.3 Å². The third kappa shape index (κ3) is 3.39. The highest BCUT2D eigenvalue weighted by atomic mass is 35.5. The normalized spacial score (nSPS) is 18.4. The van der Waals surface area contributed by atoms with Crippen molar-refractivity contribution >= 4 is 27.6 Å². The molecule has 0 unspecified atom stereocenters. The maximum absolute atomic E-state index is 12.6. The Morgan fingerprint density at radius 1 is 1.29 bits per heavy atom. The van der Waals surface area contributed by atoms with Gasteiger partial charge in [-0.2, -0.15) is 4.72 Å². The summed E-state index contributed by atoms with van der Waals surface area (Å²) in [5, 5.41) is 9.77. The highest BCUT2D eigenvalue weighted by Crippen LogP contribution is 2.31. The van der Waals surface area contributed by atoms with Crippen LogP contribution in [0.1, 0.15) is 37.7 Å². The summed E-state index contributed by atoms with van der Waals surface area (Å²) in [7, 11) is -3.93. The highest BCUT2D eigenvalue weighted by molar-refractivity contribution is 7.89. The molecule has 1 aromatic carbocycles. The van der Waals surface area contributed by atoms with E-state index in [-0.39, 0.29) is 4.90 Å². The van der Waals surface area contributed by atoms with Crippen LogP contribution in [-0.4, -0.2) is 25.0 Å². The van der Waals surface area contributed by atoms with Crippen molar-refractivity contribution in [3.63, 3.8) is 0 Å². The van der Waals surface area contributed by atoms with Crippen LogP contribution in [0.3, 0.4) is 0 Å². The molecular formula is C14H18ClNO4S. The van der Waals surface area contributed by atoms with E-state index in [2.05, 4.69) is 4.72 Å². The summed E-state index contributed by atoms with van der Waals surface area (Å²) in [6, 6.07) is 4.55. The van der Waals surface area contributed by atoms with Gasteiger partial charge in [-0.1, -0.05) is 36.9 Å². The zero-order chi connectivity index (χ0) is 15.7. The Kier molecular flexibility index (Phi) is 4.60. The minimum absolute atomic E-state index is 0.0289. The Morgan fingerprint density at radius 2 is 1.90 bits per heavy atom. The van der Waals surface area contributed by atoms with Crippen LogP contribution in [0.15, 0.2) is 23.1 Å². The molecule has 1 aliphatic rings. The number of nitrogens with one attached hydrogen (secondary N) is 1. The van der Waals surface area contributed by atoms with E-state index in [0.717, 1.165) is 6.42 Å². The van der Waals surface area contributed by atoms with Gasteiger partial charge in [0.2, 0.25) is 10.0 Å². The van der Waals surface area contributed by atoms with Crippen LogP contribution in [0.4, 0.5) is 0 Å². The van der Waals surface area contributed by atoms with Crippen LogP contribution in [0.2, 0.25) is 5.02 Å². The monoisotopic (exact) mass is 331 g/mol. The first-order valence-electron chi connectivity index (χ1n) is 6.80. The van der Waals surface area contributed by atoms with Gasteiger partial charge in [-0.05, 0) is 37.5 Å². The van der Waals surface area contributed by atoms with Crippen molar-refractivity contribution in [2.24, 2.45) is 0 Å². The quantitative estimate of drug-likeness (QED) is 0.888. The van der Waals surface area contributed by atoms with Crippen LogP contribution in [-0.2, 0) is 14.8 Å². The fourth-order valence-electron chi connectivity index (χ4n) is 2.69. The lowest BCUT2D eigenvalue weighted by atomic mass is 9.83. The minimum Gasteiger partial charge on any atom is -0.480 e. The van der Waals surface area contributed by atoms with Crippen LogP contribution in [0.5, 0.6) is 0 Å². The first kappa shape index (κ1) is 16.3. The van der Waals surface area contributed by atoms with Gasteiger partial charge in [0.1, 0.15) is 5.54 Å². The molecule has 0 bridgehead atoms. The number of rotatable bonds is 4. The van der Waals surface area contributed by atoms with E-state index in [1.165, 1.54) is 6.07 Å². The molecule has 1 fully saturated rings. The van der Waals surface area contributed by atoms with Gasteiger partial charge in [0, 0.05) is 5.02 Å². The Labute approximate surface area is 129 Å². The average Bonchev–Trinajstić information content (AvgIpc) is 2.42. The van der Waals surface area contributed by atoms with Gasteiger partial charge in [-0.15, -0.1) is 0 Å². The van der Waals surface area contributed by atoms with E-state index in [9.17, 15) is 18.3 Å². The molecule has 0 aliphatic heterocycles. The number of hydrogen-bond acceptors (Lipinski definition) is 3. The summed E-state index contributed by atoms with van der Waals surface area (Å²) in [5.41, 5.74) is -0.880. The number of aliphatic carboxylic acids is 1. The first-order valence-corrected chi connectivity index (χ1v) is 8.66. The predicted molar refractivity (Wildman–Crippen MR) is 80.0 cm³/mol. The summed E-state index contributed by atoms with van der Waals surface area (Å²) >= 11 is 5.85. The van der Waals surface area contributed by atoms with Crippen molar-refractivity contribution in [1.29, 1.82) is 0 Å². The third-order valence-electron chi connectivity index (χ3n) is 3.89. The standard InChI is InChI=1S/C14H18ClNO4S/c1-10-5-6-11(15)9-12(10)21(19,20)16-14(13(17)18)7-3-2-4-8-14/h5-6,9,16H,2-4,7-8H2,1H3,(H,17,18). The lowest BCUT2D eigenvalue weighted by Gasteiger charge is -2.33. The van der Waals surface area contributed by atoms with Crippen molar-refractivity contribution in [2.75, 3.05) is 0 Å². The van der Waals surface area contributed by atoms with Gasteiger partial charge in [0.25, 0.3) is 0 Å². The number of sulfonamides is 1. The van der Waals surface area contributed by atoms with Gasteiger partial charge in [-0.3, -0.25) is 4.79 Å². The molecule has 0 saturated heterocycles. The molecule has 7 heteroatoms. The average molecular weight is 332 g/mol. The molecule has 116 valence electrons. The van der Waals surface area contributed by atoms with E-state index < -0.39 is 21.5 Å². The molecule has 0 spiro atoms. The SMILES string of the molecule is Cc1ccc(Cl)cc1S(=O)(=O)NC1(C(=O)O)CCCCC1. The van der Waals surface area contributed by atoms with E-state index in [4.69, 9.17) is 11.6 Å². The molecule has 5 nitrogen and oxygen atoms in total. The molecule has 1 saturated carbocycles. The van der Waals surface area contributed by atoms with Gasteiger partial charge in [0.15, 0.2) is 0 Å². The minimum atomic E-state index is -3.93. The molecule has 0 radical (unpaired) electrons. The highest BCUT2D eigenvalue weighted by Gasteiger charge is 2.43. The van der Waals surface area contributed by atoms with Gasteiger partial charge >= 0.3 is 5.97 Å². The molecule has 21 heavy (non-hydrogen) atoms. The van der Waals surface area contributed by atoms with Crippen molar-refractivity contribution in [2.45, 2.75) is 49.5 Å². The second kappa shape index (κ2) is 5.94. The second-order valence-corrected chi connectivity index (χ2v) is 7.55. The fraction of sp³-hybridized carbons (Fsp3) is 0.500. The number of benzene rings is 1. The number of halogens is 1. The maximum atomic E-state index is 12.6. The topological polar surface area (TPSA) is 83.5 Å². The van der Waals surface area contributed by atoms with Crippen LogP contribution in [0, 0.1) is 6.92 Å². The van der Waals surface area contributed by atoms with Gasteiger partial charge < -0.3 is 5.11 Å². The molecule has 0 heterocycles. The Hall–Kier alpha value is -1.11. The van der Waals surface area contributed by atoms with Crippen molar-refractivity contribution in [1.82, 2.24) is 4.72 Å².